The maximum absolute atomic E-state index is 12.2. The number of carbonyl (C=O) groups excluding carboxylic acids is 1. The van der Waals surface area contributed by atoms with Gasteiger partial charge in [-0.25, -0.2) is 5.43 Å². The van der Waals surface area contributed by atoms with Gasteiger partial charge in [-0.15, -0.1) is 0 Å². The lowest BCUT2D eigenvalue weighted by Gasteiger charge is -2.10. The van der Waals surface area contributed by atoms with E-state index in [0.29, 0.717) is 28.6 Å². The van der Waals surface area contributed by atoms with E-state index in [0.717, 1.165) is 10.0 Å². The Morgan fingerprint density at radius 2 is 2.00 bits per heavy atom. The van der Waals surface area contributed by atoms with Crippen molar-refractivity contribution in [1.29, 1.82) is 0 Å². The molecule has 2 aromatic rings. The number of nitrogens with one attached hydrogen (secondary N) is 1. The van der Waals surface area contributed by atoms with Crippen LogP contribution in [0.15, 0.2) is 39.9 Å². The van der Waals surface area contributed by atoms with E-state index in [4.69, 9.17) is 18.9 Å². The van der Waals surface area contributed by atoms with Crippen molar-refractivity contribution in [3.05, 3.63) is 45.9 Å². The zero-order valence-corrected chi connectivity index (χ0v) is 15.1. The molecule has 7 nitrogen and oxygen atoms in total. The third-order valence-electron chi connectivity index (χ3n) is 3.47. The van der Waals surface area contributed by atoms with Gasteiger partial charge in [0.25, 0.3) is 5.91 Å². The molecule has 1 amide bonds. The number of methoxy groups -OCH3 is 2. The fourth-order valence-corrected chi connectivity index (χ4v) is 2.90. The molecule has 0 radical (unpaired) electrons. The van der Waals surface area contributed by atoms with Crippen molar-refractivity contribution in [2.24, 2.45) is 5.10 Å². The summed E-state index contributed by atoms with van der Waals surface area (Å²) in [6, 6.07) is 8.50. The highest BCUT2D eigenvalue weighted by Gasteiger charge is 2.16. The van der Waals surface area contributed by atoms with Gasteiger partial charge in [-0.2, -0.15) is 5.10 Å². The molecule has 0 fully saturated rings. The second-order valence-electron chi connectivity index (χ2n) is 5.01. The van der Waals surface area contributed by atoms with Crippen LogP contribution in [-0.2, 0) is 0 Å². The van der Waals surface area contributed by atoms with Crippen molar-refractivity contribution in [2.45, 2.75) is 0 Å². The molecule has 130 valence electrons. The number of benzene rings is 2. The smallest absolute Gasteiger partial charge is 0.271 e. The van der Waals surface area contributed by atoms with E-state index >= 15 is 0 Å². The van der Waals surface area contributed by atoms with Crippen LogP contribution in [0.5, 0.6) is 23.0 Å². The van der Waals surface area contributed by atoms with Gasteiger partial charge in [-0.1, -0.05) is 0 Å². The minimum atomic E-state index is -0.353. The molecule has 1 aliphatic heterocycles. The quantitative estimate of drug-likeness (QED) is 0.609. The second-order valence-corrected chi connectivity index (χ2v) is 5.86. The molecule has 3 rings (SSSR count). The van der Waals surface area contributed by atoms with Crippen molar-refractivity contribution >= 4 is 28.1 Å². The van der Waals surface area contributed by atoms with Crippen LogP contribution in [0.3, 0.4) is 0 Å². The first-order valence-corrected chi connectivity index (χ1v) is 8.06. The third-order valence-corrected chi connectivity index (χ3v) is 4.06. The molecule has 0 aliphatic carbocycles. The van der Waals surface area contributed by atoms with Gasteiger partial charge in [0.1, 0.15) is 0 Å². The fourth-order valence-electron chi connectivity index (χ4n) is 2.28. The zero-order chi connectivity index (χ0) is 17.8. The topological polar surface area (TPSA) is 78.4 Å². The van der Waals surface area contributed by atoms with Crippen molar-refractivity contribution in [3.63, 3.8) is 0 Å². The molecule has 0 saturated heterocycles. The van der Waals surface area contributed by atoms with Crippen LogP contribution in [0.2, 0.25) is 0 Å². The fraction of sp³-hybridized carbons (Fsp3) is 0.176. The van der Waals surface area contributed by atoms with E-state index in [9.17, 15) is 4.79 Å². The Morgan fingerprint density at radius 3 is 2.76 bits per heavy atom. The molecule has 0 aromatic heterocycles. The lowest BCUT2D eigenvalue weighted by atomic mass is 10.2. The standard InChI is InChI=1S/C17H15BrN2O5/c1-22-15-6-10(5-12(18)16(15)23-2)8-19-20-17(21)11-3-4-13-14(7-11)25-9-24-13/h3-8H,9H2,1-2H3,(H,20,21)/b19-8-. The first-order chi connectivity index (χ1) is 12.1. The normalized spacial score (nSPS) is 12.3. The van der Waals surface area contributed by atoms with Gasteiger partial charge in [0.05, 0.1) is 24.9 Å². The predicted octanol–water partition coefficient (Wildman–Crippen LogP) is 2.96. The van der Waals surface area contributed by atoms with Crippen LogP contribution in [0.25, 0.3) is 0 Å². The molecule has 0 bridgehead atoms. The van der Waals surface area contributed by atoms with E-state index in [2.05, 4.69) is 26.5 Å². The third kappa shape index (κ3) is 3.69. The first-order valence-electron chi connectivity index (χ1n) is 7.27. The van der Waals surface area contributed by atoms with Gasteiger partial charge in [-0.3, -0.25) is 4.79 Å². The summed E-state index contributed by atoms with van der Waals surface area (Å²) in [5, 5.41) is 3.97. The number of amides is 1. The number of rotatable bonds is 5. The first kappa shape index (κ1) is 17.1. The molecule has 25 heavy (non-hydrogen) atoms. The molecule has 8 heteroatoms. The summed E-state index contributed by atoms with van der Waals surface area (Å²) < 4.78 is 21.7. The molecular formula is C17H15BrN2O5. The molecule has 1 heterocycles. The van der Waals surface area contributed by atoms with E-state index < -0.39 is 0 Å². The Balaban J connectivity index is 1.70. The summed E-state index contributed by atoms with van der Waals surface area (Å²) in [6.07, 6.45) is 1.51. The van der Waals surface area contributed by atoms with Crippen LogP contribution in [-0.4, -0.2) is 33.1 Å². The minimum Gasteiger partial charge on any atom is -0.493 e. The highest BCUT2D eigenvalue weighted by molar-refractivity contribution is 9.10. The number of fused-ring (bicyclic) bond motifs is 1. The Bertz CT molecular complexity index is 838. The molecule has 2 aromatic carbocycles. The average molecular weight is 407 g/mol. The summed E-state index contributed by atoms with van der Waals surface area (Å²) in [7, 11) is 3.11. The summed E-state index contributed by atoms with van der Waals surface area (Å²) >= 11 is 3.41. The van der Waals surface area contributed by atoms with E-state index in [1.807, 2.05) is 0 Å². The van der Waals surface area contributed by atoms with Gasteiger partial charge in [0, 0.05) is 5.56 Å². The van der Waals surface area contributed by atoms with E-state index in [1.165, 1.54) is 6.21 Å². The van der Waals surface area contributed by atoms with Crippen molar-refractivity contribution < 1.29 is 23.7 Å². The van der Waals surface area contributed by atoms with Gasteiger partial charge >= 0.3 is 0 Å². The Kier molecular flexibility index (Phi) is 5.08. The summed E-state index contributed by atoms with van der Waals surface area (Å²) in [5.41, 5.74) is 3.63. The summed E-state index contributed by atoms with van der Waals surface area (Å²) in [6.45, 7) is 0.159. The highest BCUT2D eigenvalue weighted by Crippen LogP contribution is 2.36. The molecule has 0 atom stereocenters. The molecule has 0 saturated carbocycles. The van der Waals surface area contributed by atoms with Crippen molar-refractivity contribution in [3.8, 4) is 23.0 Å². The Labute approximate surface area is 152 Å². The van der Waals surface area contributed by atoms with Gasteiger partial charge < -0.3 is 18.9 Å². The molecule has 0 spiro atoms. The zero-order valence-electron chi connectivity index (χ0n) is 13.5. The average Bonchev–Trinajstić information content (AvgIpc) is 3.08. The SMILES string of the molecule is COc1cc(/C=N\NC(=O)c2ccc3c(c2)OCO3)cc(Br)c1OC. The van der Waals surface area contributed by atoms with Crippen molar-refractivity contribution in [2.75, 3.05) is 21.0 Å². The number of nitrogens with zero attached hydrogens (tertiary/aromatic N) is 1. The molecule has 1 N–H and O–H groups in total. The molecular weight excluding hydrogens is 392 g/mol. The minimum absolute atomic E-state index is 0.159. The Morgan fingerprint density at radius 1 is 1.20 bits per heavy atom. The second kappa shape index (κ2) is 7.43. The monoisotopic (exact) mass is 406 g/mol. The number of ether oxygens (including phenoxy) is 4. The number of hydrogen-bond acceptors (Lipinski definition) is 6. The highest BCUT2D eigenvalue weighted by atomic mass is 79.9. The van der Waals surface area contributed by atoms with E-state index in [1.54, 1.807) is 44.6 Å². The largest absolute Gasteiger partial charge is 0.493 e. The van der Waals surface area contributed by atoms with Crippen LogP contribution in [0.1, 0.15) is 15.9 Å². The maximum Gasteiger partial charge on any atom is 0.271 e. The lowest BCUT2D eigenvalue weighted by Crippen LogP contribution is -2.17. The van der Waals surface area contributed by atoms with Crippen LogP contribution >= 0.6 is 15.9 Å². The number of hydrogen-bond donors (Lipinski definition) is 1. The number of hydrazone groups is 1. The molecule has 0 unspecified atom stereocenters. The van der Waals surface area contributed by atoms with Gasteiger partial charge in [0.15, 0.2) is 23.0 Å². The Hall–Kier alpha value is -2.74. The van der Waals surface area contributed by atoms with Crippen molar-refractivity contribution in [1.82, 2.24) is 5.43 Å². The predicted molar refractivity (Wildman–Crippen MR) is 94.9 cm³/mol. The van der Waals surface area contributed by atoms with Crippen LogP contribution < -0.4 is 24.4 Å². The maximum atomic E-state index is 12.2. The summed E-state index contributed by atoms with van der Waals surface area (Å²) in [5.74, 6) is 1.95. The van der Waals surface area contributed by atoms with Gasteiger partial charge in [-0.05, 0) is 51.8 Å². The van der Waals surface area contributed by atoms with Crippen LogP contribution in [0.4, 0.5) is 0 Å². The number of halogens is 1. The lowest BCUT2D eigenvalue weighted by molar-refractivity contribution is 0.0954. The van der Waals surface area contributed by atoms with E-state index in [-0.39, 0.29) is 12.7 Å². The van der Waals surface area contributed by atoms with Gasteiger partial charge in [0.2, 0.25) is 6.79 Å². The number of carbonyl (C=O) groups is 1. The van der Waals surface area contributed by atoms with Crippen LogP contribution in [0, 0.1) is 0 Å². The summed E-state index contributed by atoms with van der Waals surface area (Å²) in [4.78, 5) is 12.2. The molecule has 1 aliphatic rings.